The molecule has 3 aliphatic rings. The van der Waals surface area contributed by atoms with Crippen molar-refractivity contribution in [2.24, 2.45) is 0 Å². The molecule has 5 heteroatoms. The van der Waals surface area contributed by atoms with Crippen LogP contribution in [0.25, 0.3) is 0 Å². The topological polar surface area (TPSA) is 50.8 Å². The van der Waals surface area contributed by atoms with Gasteiger partial charge >= 0.3 is 0 Å². The molecule has 1 aromatic rings. The largest absolute Gasteiger partial charge is 0.497 e. The van der Waals surface area contributed by atoms with Gasteiger partial charge in [0, 0.05) is 31.2 Å². The normalized spacial score (nSPS) is 25.6. The lowest BCUT2D eigenvalue weighted by molar-refractivity contribution is -0.129. The van der Waals surface area contributed by atoms with Crippen molar-refractivity contribution in [3.8, 4) is 5.75 Å². The van der Waals surface area contributed by atoms with Crippen molar-refractivity contribution < 1.29 is 14.3 Å². The predicted molar refractivity (Wildman–Crippen MR) is 114 cm³/mol. The number of carbonyl (C=O) groups is 1. The molecule has 1 saturated carbocycles. The van der Waals surface area contributed by atoms with Gasteiger partial charge in [-0.25, -0.2) is 0 Å². The maximum absolute atomic E-state index is 13.3. The fourth-order valence-electron chi connectivity index (χ4n) is 5.56. The van der Waals surface area contributed by atoms with Crippen LogP contribution in [0.1, 0.15) is 63.4 Å². The zero-order chi connectivity index (χ0) is 20.1. The van der Waals surface area contributed by atoms with Crippen LogP contribution in [0.15, 0.2) is 24.3 Å². The van der Waals surface area contributed by atoms with Gasteiger partial charge in [-0.15, -0.1) is 0 Å². The first-order valence-electron chi connectivity index (χ1n) is 11.5. The smallest absolute Gasteiger partial charge is 0.237 e. The van der Waals surface area contributed by atoms with Crippen LogP contribution in [0, 0.1) is 0 Å². The summed E-state index contributed by atoms with van der Waals surface area (Å²) in [6.07, 6.45) is 10.4. The Morgan fingerprint density at radius 3 is 2.48 bits per heavy atom. The second-order valence-corrected chi connectivity index (χ2v) is 9.03. The first-order valence-corrected chi connectivity index (χ1v) is 11.5. The third kappa shape index (κ3) is 4.61. The van der Waals surface area contributed by atoms with E-state index in [1.54, 1.807) is 7.11 Å². The van der Waals surface area contributed by atoms with E-state index in [4.69, 9.17) is 9.47 Å². The summed E-state index contributed by atoms with van der Waals surface area (Å²) in [7, 11) is 1.69. The summed E-state index contributed by atoms with van der Waals surface area (Å²) in [5, 5.41) is 3.38. The van der Waals surface area contributed by atoms with Crippen LogP contribution < -0.4 is 10.1 Å². The SMILES string of the molecule is COc1ccc(C2(CNC(=O)[C@@H]3CCCCN3C3CCCC3)CCOCC2)cc1. The van der Waals surface area contributed by atoms with E-state index < -0.39 is 0 Å². The summed E-state index contributed by atoms with van der Waals surface area (Å²) in [5.41, 5.74) is 1.23. The van der Waals surface area contributed by atoms with Crippen molar-refractivity contribution in [1.29, 1.82) is 0 Å². The van der Waals surface area contributed by atoms with E-state index in [0.717, 1.165) is 44.8 Å². The van der Waals surface area contributed by atoms with Gasteiger partial charge in [0.1, 0.15) is 5.75 Å². The van der Waals surface area contributed by atoms with Gasteiger partial charge in [0.15, 0.2) is 0 Å². The Bertz CT molecular complexity index is 663. The second kappa shape index (κ2) is 9.48. The number of amides is 1. The van der Waals surface area contributed by atoms with Crippen molar-refractivity contribution >= 4 is 5.91 Å². The molecule has 0 unspecified atom stereocenters. The van der Waals surface area contributed by atoms with Crippen molar-refractivity contribution in [3.63, 3.8) is 0 Å². The van der Waals surface area contributed by atoms with Gasteiger partial charge in [0.25, 0.3) is 0 Å². The molecule has 2 aliphatic heterocycles. The molecule has 2 heterocycles. The van der Waals surface area contributed by atoms with Crippen LogP contribution >= 0.6 is 0 Å². The van der Waals surface area contributed by atoms with Gasteiger partial charge in [-0.05, 0) is 62.8 Å². The molecule has 1 atom stereocenters. The first kappa shape index (κ1) is 20.7. The van der Waals surface area contributed by atoms with Crippen molar-refractivity contribution in [1.82, 2.24) is 10.2 Å². The number of nitrogens with one attached hydrogen (secondary N) is 1. The fourth-order valence-corrected chi connectivity index (χ4v) is 5.56. The number of hydrogen-bond acceptors (Lipinski definition) is 4. The molecule has 0 spiro atoms. The molecular formula is C24H36N2O3. The maximum atomic E-state index is 13.3. The summed E-state index contributed by atoms with van der Waals surface area (Å²) in [6, 6.07) is 9.03. The Labute approximate surface area is 175 Å². The number of carbonyl (C=O) groups excluding carboxylic acids is 1. The summed E-state index contributed by atoms with van der Waals surface area (Å²) < 4.78 is 11.0. The van der Waals surface area contributed by atoms with Gasteiger partial charge in [-0.3, -0.25) is 9.69 Å². The molecule has 0 radical (unpaired) electrons. The lowest BCUT2D eigenvalue weighted by Gasteiger charge is -2.41. The highest BCUT2D eigenvalue weighted by Gasteiger charge is 2.38. The quantitative estimate of drug-likeness (QED) is 0.792. The fraction of sp³-hybridized carbons (Fsp3) is 0.708. The number of rotatable bonds is 6. The Hall–Kier alpha value is -1.59. The summed E-state index contributed by atoms with van der Waals surface area (Å²) in [5.74, 6) is 1.10. The first-order chi connectivity index (χ1) is 14.2. The summed E-state index contributed by atoms with van der Waals surface area (Å²) >= 11 is 0. The number of hydrogen-bond donors (Lipinski definition) is 1. The lowest BCUT2D eigenvalue weighted by atomic mass is 9.74. The van der Waals surface area contributed by atoms with E-state index in [1.165, 1.54) is 44.1 Å². The summed E-state index contributed by atoms with van der Waals surface area (Å²) in [4.78, 5) is 15.8. The molecule has 2 saturated heterocycles. The minimum atomic E-state index is -0.0486. The van der Waals surface area contributed by atoms with E-state index >= 15 is 0 Å². The molecule has 1 N–H and O–H groups in total. The molecule has 1 amide bonds. The zero-order valence-corrected chi connectivity index (χ0v) is 17.8. The monoisotopic (exact) mass is 400 g/mol. The van der Waals surface area contributed by atoms with Crippen LogP contribution in [0.3, 0.4) is 0 Å². The van der Waals surface area contributed by atoms with Crippen LogP contribution in [0.5, 0.6) is 5.75 Å². The zero-order valence-electron chi connectivity index (χ0n) is 17.8. The molecule has 0 aromatic heterocycles. The highest BCUT2D eigenvalue weighted by Crippen LogP contribution is 2.35. The van der Waals surface area contributed by atoms with Crippen LogP contribution in [0.2, 0.25) is 0 Å². The number of ether oxygens (including phenoxy) is 2. The number of piperidine rings is 1. The van der Waals surface area contributed by atoms with Gasteiger partial charge in [0.05, 0.1) is 13.2 Å². The van der Waals surface area contributed by atoms with E-state index in [0.29, 0.717) is 12.6 Å². The molecule has 1 aliphatic carbocycles. The van der Waals surface area contributed by atoms with Crippen LogP contribution in [-0.4, -0.2) is 56.3 Å². The highest BCUT2D eigenvalue weighted by molar-refractivity contribution is 5.82. The predicted octanol–water partition coefficient (Wildman–Crippen LogP) is 3.66. The van der Waals surface area contributed by atoms with Gasteiger partial charge in [-0.2, -0.15) is 0 Å². The minimum absolute atomic E-state index is 0.0486. The van der Waals surface area contributed by atoms with Gasteiger partial charge in [-0.1, -0.05) is 31.4 Å². The van der Waals surface area contributed by atoms with Crippen molar-refractivity contribution in [3.05, 3.63) is 29.8 Å². The maximum Gasteiger partial charge on any atom is 0.237 e. The van der Waals surface area contributed by atoms with Crippen molar-refractivity contribution in [2.75, 3.05) is 33.4 Å². The van der Waals surface area contributed by atoms with E-state index in [2.05, 4.69) is 22.3 Å². The number of nitrogens with zero attached hydrogens (tertiary/aromatic N) is 1. The van der Waals surface area contributed by atoms with Gasteiger partial charge in [0.2, 0.25) is 5.91 Å². The van der Waals surface area contributed by atoms with Gasteiger partial charge < -0.3 is 14.8 Å². The lowest BCUT2D eigenvalue weighted by Crippen LogP contribution is -2.55. The third-order valence-electron chi connectivity index (χ3n) is 7.39. The van der Waals surface area contributed by atoms with E-state index in [9.17, 15) is 4.79 Å². The standard InChI is InChI=1S/C24H36N2O3/c1-28-21-11-9-19(10-12-21)24(13-16-29-17-14-24)18-25-23(27)22-8-4-5-15-26(22)20-6-2-3-7-20/h9-12,20,22H,2-8,13-18H2,1H3,(H,25,27)/t22-/m0/s1. The average Bonchev–Trinajstić information content (AvgIpc) is 3.33. The molecule has 160 valence electrons. The average molecular weight is 401 g/mol. The second-order valence-electron chi connectivity index (χ2n) is 9.03. The van der Waals surface area contributed by atoms with E-state index in [1.807, 2.05) is 12.1 Å². The highest BCUT2D eigenvalue weighted by atomic mass is 16.5. The Kier molecular flexibility index (Phi) is 6.76. The Morgan fingerprint density at radius 1 is 1.10 bits per heavy atom. The number of benzene rings is 1. The van der Waals surface area contributed by atoms with Crippen LogP contribution in [-0.2, 0) is 14.9 Å². The molecule has 0 bridgehead atoms. The van der Waals surface area contributed by atoms with E-state index in [-0.39, 0.29) is 17.4 Å². The molecular weight excluding hydrogens is 364 g/mol. The van der Waals surface area contributed by atoms with Crippen LogP contribution in [0.4, 0.5) is 0 Å². The Morgan fingerprint density at radius 2 is 1.79 bits per heavy atom. The molecule has 29 heavy (non-hydrogen) atoms. The summed E-state index contributed by atoms with van der Waals surface area (Å²) in [6.45, 7) is 3.27. The number of methoxy groups -OCH3 is 1. The molecule has 3 fully saturated rings. The molecule has 5 nitrogen and oxygen atoms in total. The Balaban J connectivity index is 1.45. The van der Waals surface area contributed by atoms with Crippen molar-refractivity contribution in [2.45, 2.75) is 75.3 Å². The number of likely N-dealkylation sites (tertiary alicyclic amines) is 1. The minimum Gasteiger partial charge on any atom is -0.497 e. The third-order valence-corrected chi connectivity index (χ3v) is 7.39. The molecule has 4 rings (SSSR count). The molecule has 1 aromatic carbocycles.